The second-order valence-electron chi connectivity index (χ2n) is 9.63. The number of rotatable bonds is 7. The quantitative estimate of drug-likeness (QED) is 0.356. The predicted molar refractivity (Wildman–Crippen MR) is 150 cm³/mol. The highest BCUT2D eigenvalue weighted by molar-refractivity contribution is 7.89. The molecule has 198 valence electrons. The van der Waals surface area contributed by atoms with E-state index in [1.807, 2.05) is 24.3 Å². The van der Waals surface area contributed by atoms with Gasteiger partial charge in [-0.2, -0.15) is 4.31 Å². The minimum Gasteiger partial charge on any atom is -0.497 e. The van der Waals surface area contributed by atoms with Gasteiger partial charge in [-0.05, 0) is 68.3 Å². The van der Waals surface area contributed by atoms with Crippen LogP contribution in [0.25, 0.3) is 10.9 Å². The average Bonchev–Trinajstić information content (AvgIpc) is 2.94. The Labute approximate surface area is 224 Å². The van der Waals surface area contributed by atoms with E-state index < -0.39 is 10.0 Å². The van der Waals surface area contributed by atoms with E-state index in [2.05, 4.69) is 49.2 Å². The second-order valence-corrected chi connectivity index (χ2v) is 11.6. The summed E-state index contributed by atoms with van der Waals surface area (Å²) in [6.45, 7) is 8.24. The summed E-state index contributed by atoms with van der Waals surface area (Å²) in [4.78, 5) is 12.4. The average molecular weight is 532 g/mol. The Morgan fingerprint density at radius 3 is 2.18 bits per heavy atom. The first kappa shape index (κ1) is 26.1. The number of fused-ring (bicyclic) bond motifs is 1. The molecule has 0 spiro atoms. The lowest BCUT2D eigenvalue weighted by Crippen LogP contribution is -2.49. The minimum atomic E-state index is -3.57. The van der Waals surface area contributed by atoms with E-state index in [1.54, 1.807) is 35.7 Å². The molecule has 0 radical (unpaired) electrons. The lowest BCUT2D eigenvalue weighted by molar-refractivity contribution is 0.141. The van der Waals surface area contributed by atoms with Gasteiger partial charge < -0.3 is 10.1 Å². The van der Waals surface area contributed by atoms with Crippen molar-refractivity contribution in [2.45, 2.75) is 31.7 Å². The van der Waals surface area contributed by atoms with Gasteiger partial charge in [0.15, 0.2) is 0 Å². The first-order chi connectivity index (χ1) is 18.3. The van der Waals surface area contributed by atoms with E-state index in [0.717, 1.165) is 33.5 Å². The third-order valence-corrected chi connectivity index (χ3v) is 9.15. The molecule has 8 nitrogen and oxygen atoms in total. The zero-order valence-corrected chi connectivity index (χ0v) is 23.0. The van der Waals surface area contributed by atoms with Crippen molar-refractivity contribution in [3.63, 3.8) is 0 Å². The first-order valence-corrected chi connectivity index (χ1v) is 14.2. The fourth-order valence-corrected chi connectivity index (χ4v) is 6.32. The van der Waals surface area contributed by atoms with Crippen molar-refractivity contribution < 1.29 is 13.2 Å². The molecule has 5 rings (SSSR count). The Morgan fingerprint density at radius 2 is 1.53 bits per heavy atom. The number of aromatic nitrogens is 2. The Bertz CT molecular complexity index is 1530. The van der Waals surface area contributed by atoms with E-state index in [9.17, 15) is 8.42 Å². The summed E-state index contributed by atoms with van der Waals surface area (Å²) in [5, 5.41) is 4.53. The molecule has 0 unspecified atom stereocenters. The Balaban J connectivity index is 1.36. The topological polar surface area (TPSA) is 87.7 Å². The molecule has 1 saturated heterocycles. The van der Waals surface area contributed by atoms with Crippen LogP contribution in [-0.4, -0.2) is 60.9 Å². The van der Waals surface area contributed by atoms with Crippen molar-refractivity contribution in [3.8, 4) is 5.75 Å². The number of anilines is 2. The fourth-order valence-electron chi connectivity index (χ4n) is 4.90. The predicted octanol–water partition coefficient (Wildman–Crippen LogP) is 5.07. The van der Waals surface area contributed by atoms with E-state index in [1.165, 1.54) is 0 Å². The number of nitrogens with one attached hydrogen (secondary N) is 1. The Kier molecular flexibility index (Phi) is 7.34. The van der Waals surface area contributed by atoms with Gasteiger partial charge in [-0.3, -0.25) is 4.90 Å². The van der Waals surface area contributed by atoms with E-state index in [4.69, 9.17) is 14.7 Å². The summed E-state index contributed by atoms with van der Waals surface area (Å²) in [7, 11) is -2.01. The molecule has 0 amide bonds. The summed E-state index contributed by atoms with van der Waals surface area (Å²) < 4.78 is 33.1. The molecule has 0 aliphatic carbocycles. The van der Waals surface area contributed by atoms with Gasteiger partial charge in [0.05, 0.1) is 23.6 Å². The number of hydrogen-bond acceptors (Lipinski definition) is 7. The molecule has 0 saturated carbocycles. The normalized spacial score (nSPS) is 15.9. The number of methoxy groups -OCH3 is 1. The van der Waals surface area contributed by atoms with Crippen LogP contribution in [0.4, 0.5) is 11.5 Å². The Morgan fingerprint density at radius 1 is 0.868 bits per heavy atom. The van der Waals surface area contributed by atoms with Gasteiger partial charge in [0, 0.05) is 37.3 Å². The molecule has 1 fully saturated rings. The maximum Gasteiger partial charge on any atom is 0.243 e. The number of piperazine rings is 1. The van der Waals surface area contributed by atoms with Gasteiger partial charge in [-0.1, -0.05) is 30.3 Å². The molecule has 1 N–H and O–H groups in total. The molecule has 1 aliphatic heterocycles. The van der Waals surface area contributed by atoms with E-state index in [0.29, 0.717) is 37.8 Å². The molecular formula is C29H33N5O3S. The maximum absolute atomic E-state index is 13.2. The van der Waals surface area contributed by atoms with E-state index >= 15 is 0 Å². The standard InChI is InChI=1S/C29H33N5O3S/c1-20-8-7-9-21(2)27(20)31-29-25-10-5-6-11-26(25)30-28(32-29)22(3)33-16-18-34(19-17-33)38(35,36)24-14-12-23(37-4)13-15-24/h5-15,22H,16-19H2,1-4H3,(H,30,31,32)/t22-/m1/s1. The van der Waals surface area contributed by atoms with Crippen LogP contribution in [0.5, 0.6) is 5.75 Å². The van der Waals surface area contributed by atoms with Crippen LogP contribution in [0.3, 0.4) is 0 Å². The van der Waals surface area contributed by atoms with E-state index in [-0.39, 0.29) is 10.9 Å². The van der Waals surface area contributed by atoms with Crippen LogP contribution < -0.4 is 10.1 Å². The number of ether oxygens (including phenoxy) is 1. The molecule has 2 heterocycles. The molecule has 0 bridgehead atoms. The minimum absolute atomic E-state index is 0.0797. The number of aryl methyl sites for hydroxylation is 2. The SMILES string of the molecule is COc1ccc(S(=O)(=O)N2CCN([C@H](C)c3nc(Nc4c(C)cccc4C)c4ccccc4n3)CC2)cc1. The summed E-state index contributed by atoms with van der Waals surface area (Å²) in [5.74, 6) is 2.11. The number of sulfonamides is 1. The van der Waals surface area contributed by atoms with Crippen molar-refractivity contribution in [1.29, 1.82) is 0 Å². The number of benzene rings is 3. The van der Waals surface area contributed by atoms with Crippen molar-refractivity contribution in [2.24, 2.45) is 0 Å². The zero-order chi connectivity index (χ0) is 26.9. The van der Waals surface area contributed by atoms with Gasteiger partial charge in [0.1, 0.15) is 17.4 Å². The van der Waals surface area contributed by atoms with Gasteiger partial charge in [0.25, 0.3) is 0 Å². The number of para-hydroxylation sites is 2. The van der Waals surface area contributed by atoms with Crippen LogP contribution >= 0.6 is 0 Å². The van der Waals surface area contributed by atoms with Gasteiger partial charge in [-0.25, -0.2) is 18.4 Å². The molecule has 9 heteroatoms. The third kappa shape index (κ3) is 5.09. The van der Waals surface area contributed by atoms with Crippen LogP contribution in [-0.2, 0) is 10.0 Å². The highest BCUT2D eigenvalue weighted by Gasteiger charge is 2.31. The molecule has 38 heavy (non-hydrogen) atoms. The molecule has 4 aromatic rings. The highest BCUT2D eigenvalue weighted by Crippen LogP contribution is 2.30. The maximum atomic E-state index is 13.2. The smallest absolute Gasteiger partial charge is 0.243 e. The number of hydrogen-bond donors (Lipinski definition) is 1. The highest BCUT2D eigenvalue weighted by atomic mass is 32.2. The fraction of sp³-hybridized carbons (Fsp3) is 0.310. The van der Waals surface area contributed by atoms with Crippen molar-refractivity contribution in [2.75, 3.05) is 38.6 Å². The second kappa shape index (κ2) is 10.7. The monoisotopic (exact) mass is 531 g/mol. The molecule has 1 aliphatic rings. The van der Waals surface area contributed by atoms with Crippen LogP contribution in [0.1, 0.15) is 29.9 Å². The largest absolute Gasteiger partial charge is 0.497 e. The van der Waals surface area contributed by atoms with Crippen molar-refractivity contribution in [3.05, 3.63) is 83.7 Å². The van der Waals surface area contributed by atoms with Crippen molar-refractivity contribution in [1.82, 2.24) is 19.2 Å². The van der Waals surface area contributed by atoms with Crippen LogP contribution in [0.15, 0.2) is 71.6 Å². The lowest BCUT2D eigenvalue weighted by Gasteiger charge is -2.37. The van der Waals surface area contributed by atoms with Crippen LogP contribution in [0, 0.1) is 13.8 Å². The third-order valence-electron chi connectivity index (χ3n) is 7.24. The van der Waals surface area contributed by atoms with Gasteiger partial charge in [0.2, 0.25) is 10.0 Å². The first-order valence-electron chi connectivity index (χ1n) is 12.8. The molecule has 3 aromatic carbocycles. The van der Waals surface area contributed by atoms with Gasteiger partial charge >= 0.3 is 0 Å². The Hall–Kier alpha value is -3.53. The summed E-state index contributed by atoms with van der Waals surface area (Å²) in [6, 6.07) is 20.7. The van der Waals surface area contributed by atoms with Crippen molar-refractivity contribution >= 4 is 32.4 Å². The molecule has 1 atom stereocenters. The zero-order valence-electron chi connectivity index (χ0n) is 22.2. The number of nitrogens with zero attached hydrogens (tertiary/aromatic N) is 4. The van der Waals surface area contributed by atoms with Crippen LogP contribution in [0.2, 0.25) is 0 Å². The molecular weight excluding hydrogens is 498 g/mol. The van der Waals surface area contributed by atoms with Gasteiger partial charge in [-0.15, -0.1) is 0 Å². The molecule has 1 aromatic heterocycles. The lowest BCUT2D eigenvalue weighted by atomic mass is 10.1. The summed E-state index contributed by atoms with van der Waals surface area (Å²) in [6.07, 6.45) is 0. The summed E-state index contributed by atoms with van der Waals surface area (Å²) in [5.41, 5.74) is 4.22. The summed E-state index contributed by atoms with van der Waals surface area (Å²) >= 11 is 0.